The molecule has 2 heterocycles. The molecule has 0 spiro atoms. The second-order valence-electron chi connectivity index (χ2n) is 5.75. The normalized spacial score (nSPS) is 14.5. The predicted octanol–water partition coefficient (Wildman–Crippen LogP) is 2.15. The Kier molecular flexibility index (Phi) is 5.33. The number of esters is 1. The number of hydrogen-bond donors (Lipinski definition) is 4. The van der Waals surface area contributed by atoms with Gasteiger partial charge in [0.05, 0.1) is 18.4 Å². The molecule has 1 aromatic heterocycles. The highest BCUT2D eigenvalue weighted by molar-refractivity contribution is 6.36. The van der Waals surface area contributed by atoms with E-state index in [4.69, 9.17) is 39.9 Å². The van der Waals surface area contributed by atoms with Gasteiger partial charge in [0.25, 0.3) is 0 Å². The standard InChI is InChI=1S/C17H12Cl2N8O2/c1-29-16(28)6-2-8(18)10(9(19)3-6)13-11-12(22)7(4-20)14(23)26-15(11)27-17(25-13)24-5-21/h2-3,13H,1H3,(H6,22,23,24,25,26,27). The van der Waals surface area contributed by atoms with Crippen molar-refractivity contribution in [2.24, 2.45) is 4.99 Å². The monoisotopic (exact) mass is 430 g/mol. The molecular weight excluding hydrogens is 419 g/mol. The minimum absolute atomic E-state index is 0.0270. The maximum absolute atomic E-state index is 11.8. The minimum atomic E-state index is -0.936. The van der Waals surface area contributed by atoms with Crippen molar-refractivity contribution in [1.82, 2.24) is 10.3 Å². The van der Waals surface area contributed by atoms with E-state index < -0.39 is 12.0 Å². The summed E-state index contributed by atoms with van der Waals surface area (Å²) in [6.07, 6.45) is 1.74. The zero-order valence-electron chi connectivity index (χ0n) is 14.7. The van der Waals surface area contributed by atoms with Gasteiger partial charge in [-0.25, -0.2) is 14.8 Å². The molecule has 12 heteroatoms. The molecule has 2 aromatic rings. The van der Waals surface area contributed by atoms with E-state index in [0.717, 1.165) is 0 Å². The summed E-state index contributed by atoms with van der Waals surface area (Å²) in [6, 6.07) is 3.70. The average molecular weight is 431 g/mol. The van der Waals surface area contributed by atoms with Crippen LogP contribution < -0.4 is 22.1 Å². The maximum atomic E-state index is 11.8. The van der Waals surface area contributed by atoms with Gasteiger partial charge in [-0.3, -0.25) is 5.32 Å². The zero-order valence-corrected chi connectivity index (χ0v) is 16.3. The number of hydrogen-bond acceptors (Lipinski definition) is 10. The number of aromatic nitrogens is 1. The van der Waals surface area contributed by atoms with Crippen LogP contribution >= 0.6 is 23.2 Å². The lowest BCUT2D eigenvalue weighted by molar-refractivity contribution is 0.0600. The number of nitrogen functional groups attached to an aromatic ring is 2. The molecule has 0 bridgehead atoms. The van der Waals surface area contributed by atoms with Crippen molar-refractivity contribution < 1.29 is 9.53 Å². The molecule has 0 saturated carbocycles. The number of aliphatic imine (C=N–C) groups is 1. The lowest BCUT2D eigenvalue weighted by atomic mass is 9.94. The molecule has 10 nitrogen and oxygen atoms in total. The van der Waals surface area contributed by atoms with Gasteiger partial charge in [-0.2, -0.15) is 10.5 Å². The summed E-state index contributed by atoms with van der Waals surface area (Å²) in [5.74, 6) is -0.486. The zero-order chi connectivity index (χ0) is 21.3. The predicted molar refractivity (Wildman–Crippen MR) is 107 cm³/mol. The van der Waals surface area contributed by atoms with Crippen LogP contribution in [0.25, 0.3) is 0 Å². The number of ether oxygens (including phenoxy) is 1. The number of benzene rings is 1. The van der Waals surface area contributed by atoms with Crippen molar-refractivity contribution in [3.05, 3.63) is 44.4 Å². The van der Waals surface area contributed by atoms with Gasteiger partial charge in [0.15, 0.2) is 6.19 Å². The first kappa shape index (κ1) is 20.0. The van der Waals surface area contributed by atoms with Crippen LogP contribution in [-0.2, 0) is 4.74 Å². The summed E-state index contributed by atoms with van der Waals surface area (Å²) < 4.78 is 4.68. The Bertz CT molecular complexity index is 1130. The van der Waals surface area contributed by atoms with E-state index in [1.165, 1.54) is 19.2 Å². The average Bonchev–Trinajstić information content (AvgIpc) is 2.66. The molecule has 1 aromatic carbocycles. The maximum Gasteiger partial charge on any atom is 0.337 e. The Morgan fingerprint density at radius 1 is 1.28 bits per heavy atom. The highest BCUT2D eigenvalue weighted by atomic mass is 35.5. The second-order valence-corrected chi connectivity index (χ2v) is 6.56. The number of guanidine groups is 1. The van der Waals surface area contributed by atoms with Gasteiger partial charge in [0.1, 0.15) is 29.3 Å². The summed E-state index contributed by atoms with van der Waals surface area (Å²) in [5.41, 5.74) is 12.7. The van der Waals surface area contributed by atoms with Gasteiger partial charge in [0.2, 0.25) is 5.96 Å². The van der Waals surface area contributed by atoms with Crippen molar-refractivity contribution in [2.75, 3.05) is 23.9 Å². The first-order valence-electron chi connectivity index (χ1n) is 7.88. The molecule has 1 aliphatic heterocycles. The number of fused-ring (bicyclic) bond motifs is 1. The first-order valence-corrected chi connectivity index (χ1v) is 8.64. The molecule has 0 amide bonds. The smallest absolute Gasteiger partial charge is 0.337 e. The lowest BCUT2D eigenvalue weighted by Gasteiger charge is -2.27. The van der Waals surface area contributed by atoms with Crippen LogP contribution in [0.15, 0.2) is 17.1 Å². The molecular formula is C17H12Cl2N8O2. The molecule has 1 atom stereocenters. The fourth-order valence-corrected chi connectivity index (χ4v) is 3.56. The Morgan fingerprint density at radius 2 is 1.93 bits per heavy atom. The van der Waals surface area contributed by atoms with Crippen molar-refractivity contribution >= 4 is 52.5 Å². The fraction of sp³-hybridized carbons (Fsp3) is 0.118. The summed E-state index contributed by atoms with van der Waals surface area (Å²) in [7, 11) is 1.23. The van der Waals surface area contributed by atoms with Crippen molar-refractivity contribution in [3.8, 4) is 12.3 Å². The largest absolute Gasteiger partial charge is 0.465 e. The molecule has 0 radical (unpaired) electrons. The molecule has 1 unspecified atom stereocenters. The SMILES string of the molecule is COC(=O)c1cc(Cl)c(C2N=C(NC#N)Nc3nc(N)c(C#N)c(N)c32)c(Cl)c1. The van der Waals surface area contributed by atoms with E-state index in [1.807, 2.05) is 6.07 Å². The topological polar surface area (TPSA) is 175 Å². The van der Waals surface area contributed by atoms with Crippen LogP contribution in [0.3, 0.4) is 0 Å². The van der Waals surface area contributed by atoms with Crippen LogP contribution in [-0.4, -0.2) is 24.0 Å². The van der Waals surface area contributed by atoms with Gasteiger partial charge < -0.3 is 21.5 Å². The Balaban J connectivity index is 2.29. The van der Waals surface area contributed by atoms with Crippen LogP contribution in [0.1, 0.15) is 33.1 Å². The van der Waals surface area contributed by atoms with Crippen LogP contribution in [0.4, 0.5) is 17.3 Å². The number of nitrogens with one attached hydrogen (secondary N) is 2. The molecule has 0 saturated heterocycles. The quantitative estimate of drug-likeness (QED) is 0.315. The van der Waals surface area contributed by atoms with E-state index in [1.54, 1.807) is 6.19 Å². The first-order chi connectivity index (χ1) is 13.8. The molecule has 146 valence electrons. The molecule has 29 heavy (non-hydrogen) atoms. The number of carbonyl (C=O) groups excluding carboxylic acids is 1. The number of carbonyl (C=O) groups is 1. The van der Waals surface area contributed by atoms with Gasteiger partial charge in [-0.15, -0.1) is 0 Å². The van der Waals surface area contributed by atoms with Gasteiger partial charge in [0, 0.05) is 21.2 Å². The Morgan fingerprint density at radius 3 is 2.48 bits per heavy atom. The van der Waals surface area contributed by atoms with Crippen LogP contribution in [0.2, 0.25) is 10.0 Å². The third kappa shape index (κ3) is 3.43. The van der Waals surface area contributed by atoms with Gasteiger partial charge in [-0.05, 0) is 12.1 Å². The number of anilines is 3. The highest BCUT2D eigenvalue weighted by Gasteiger charge is 2.32. The van der Waals surface area contributed by atoms with Gasteiger partial charge >= 0.3 is 5.97 Å². The minimum Gasteiger partial charge on any atom is -0.465 e. The second kappa shape index (κ2) is 7.72. The molecule has 0 aliphatic carbocycles. The highest BCUT2D eigenvalue weighted by Crippen LogP contribution is 2.45. The molecule has 3 rings (SSSR count). The number of halogens is 2. The van der Waals surface area contributed by atoms with E-state index in [2.05, 4.69) is 25.3 Å². The Labute approximate surface area is 174 Å². The lowest BCUT2D eigenvalue weighted by Crippen LogP contribution is -2.33. The van der Waals surface area contributed by atoms with Crippen LogP contribution in [0, 0.1) is 22.8 Å². The van der Waals surface area contributed by atoms with Crippen molar-refractivity contribution in [1.29, 1.82) is 10.5 Å². The van der Waals surface area contributed by atoms with Crippen molar-refractivity contribution in [3.63, 3.8) is 0 Å². The van der Waals surface area contributed by atoms with E-state index >= 15 is 0 Å². The molecule has 0 fully saturated rings. The van der Waals surface area contributed by atoms with Gasteiger partial charge in [-0.1, -0.05) is 23.2 Å². The summed E-state index contributed by atoms with van der Waals surface area (Å²) in [5, 5.41) is 23.7. The molecule has 1 aliphatic rings. The number of pyridine rings is 1. The summed E-state index contributed by atoms with van der Waals surface area (Å²) >= 11 is 12.8. The number of nitriles is 2. The third-order valence-corrected chi connectivity index (χ3v) is 4.76. The van der Waals surface area contributed by atoms with E-state index in [-0.39, 0.29) is 44.5 Å². The third-order valence-electron chi connectivity index (χ3n) is 4.13. The van der Waals surface area contributed by atoms with Crippen LogP contribution in [0.5, 0.6) is 0 Å². The Hall–Kier alpha value is -3.73. The van der Waals surface area contributed by atoms with E-state index in [0.29, 0.717) is 11.1 Å². The number of nitrogens with two attached hydrogens (primary N) is 2. The number of rotatable bonds is 2. The summed E-state index contributed by atoms with van der Waals surface area (Å²) in [4.78, 5) is 20.3. The number of methoxy groups -OCH3 is 1. The molecule has 6 N–H and O–H groups in total. The number of nitrogens with zero attached hydrogens (tertiary/aromatic N) is 4. The van der Waals surface area contributed by atoms with Crippen molar-refractivity contribution in [2.45, 2.75) is 6.04 Å². The fourth-order valence-electron chi connectivity index (χ4n) is 2.87. The van der Waals surface area contributed by atoms with E-state index in [9.17, 15) is 10.1 Å². The summed E-state index contributed by atoms with van der Waals surface area (Å²) in [6.45, 7) is 0.